The number of hydrogen-bond donors (Lipinski definition) is 3. The van der Waals surface area contributed by atoms with Crippen LogP contribution in [0.15, 0.2) is 79.9 Å². The van der Waals surface area contributed by atoms with Crippen LogP contribution in [0.5, 0.6) is 5.75 Å². The zero-order chi connectivity index (χ0) is 30.6. The first-order valence-corrected chi connectivity index (χ1v) is 14.5. The Hall–Kier alpha value is -4.11. The smallest absolute Gasteiger partial charge is 0.254 e. The highest BCUT2D eigenvalue weighted by Crippen LogP contribution is 2.33. The van der Waals surface area contributed by atoms with Gasteiger partial charge < -0.3 is 30.3 Å². The van der Waals surface area contributed by atoms with Crippen molar-refractivity contribution < 1.29 is 24.2 Å². The molecule has 2 aromatic carbocycles. The maximum absolute atomic E-state index is 14.0. The number of rotatable bonds is 15. The lowest BCUT2D eigenvalue weighted by Crippen LogP contribution is -2.55. The third-order valence-electron chi connectivity index (χ3n) is 7.36. The normalized spacial score (nSPS) is 16.7. The van der Waals surface area contributed by atoms with Gasteiger partial charge in [0, 0.05) is 25.3 Å². The highest BCUT2D eigenvalue weighted by atomic mass is 16.5. The summed E-state index contributed by atoms with van der Waals surface area (Å²) in [6.07, 6.45) is 3.32. The molecule has 1 heterocycles. The second-order valence-electron chi connectivity index (χ2n) is 10.9. The number of likely N-dealkylation sites (tertiary alicyclic amines) is 1. The van der Waals surface area contributed by atoms with Crippen LogP contribution in [-0.4, -0.2) is 72.7 Å². The second kappa shape index (κ2) is 15.8. The molecule has 0 unspecified atom stereocenters. The summed E-state index contributed by atoms with van der Waals surface area (Å²) in [5, 5.41) is 17.4. The molecule has 9 heteroatoms. The number of aliphatic hydroxyl groups excluding tert-OH is 1. The van der Waals surface area contributed by atoms with Crippen molar-refractivity contribution in [2.24, 2.45) is 5.92 Å². The van der Waals surface area contributed by atoms with E-state index in [0.29, 0.717) is 44.6 Å². The van der Waals surface area contributed by atoms with Gasteiger partial charge in [-0.1, -0.05) is 56.3 Å². The molecule has 1 fully saturated rings. The molecule has 2 aromatic rings. The van der Waals surface area contributed by atoms with Gasteiger partial charge in [0.25, 0.3) is 5.91 Å². The van der Waals surface area contributed by atoms with Crippen LogP contribution in [0.25, 0.3) is 0 Å². The van der Waals surface area contributed by atoms with Crippen LogP contribution in [0, 0.1) is 5.92 Å². The fraction of sp³-hybridized carbons (Fsp3) is 0.424. The van der Waals surface area contributed by atoms with Gasteiger partial charge in [0.1, 0.15) is 17.8 Å². The van der Waals surface area contributed by atoms with Gasteiger partial charge in [-0.25, -0.2) is 0 Å². The molecule has 0 aromatic heterocycles. The molecule has 1 aliphatic heterocycles. The summed E-state index contributed by atoms with van der Waals surface area (Å²) in [4.78, 5) is 43.6. The number of nitrogens with zero attached hydrogens (tertiary/aromatic N) is 2. The molecule has 9 nitrogen and oxygen atoms in total. The lowest BCUT2D eigenvalue weighted by atomic mass is 9.97. The van der Waals surface area contributed by atoms with Gasteiger partial charge in [-0.2, -0.15) is 0 Å². The predicted octanol–water partition coefficient (Wildman–Crippen LogP) is 3.61. The molecule has 4 atom stereocenters. The molecule has 226 valence electrons. The molecule has 1 saturated heterocycles. The quantitative estimate of drug-likeness (QED) is 0.280. The van der Waals surface area contributed by atoms with Crippen molar-refractivity contribution in [3.63, 3.8) is 0 Å². The Labute approximate surface area is 249 Å². The van der Waals surface area contributed by atoms with Crippen LogP contribution in [-0.2, 0) is 14.4 Å². The molecular formula is C33H44N4O5. The zero-order valence-electron chi connectivity index (χ0n) is 24.9. The van der Waals surface area contributed by atoms with Crippen LogP contribution < -0.4 is 20.3 Å². The number of ether oxygens (including phenoxy) is 1. The van der Waals surface area contributed by atoms with E-state index in [1.807, 2.05) is 73.3 Å². The summed E-state index contributed by atoms with van der Waals surface area (Å²) in [5.41, 5.74) is 1.52. The predicted molar refractivity (Wildman–Crippen MR) is 165 cm³/mol. The third kappa shape index (κ3) is 8.22. The molecule has 0 aliphatic carbocycles. The summed E-state index contributed by atoms with van der Waals surface area (Å²) in [7, 11) is 1.59. The number of hydrogen-bond acceptors (Lipinski definition) is 6. The number of carbonyl (C=O) groups excluding carboxylic acids is 3. The van der Waals surface area contributed by atoms with Crippen molar-refractivity contribution in [1.29, 1.82) is 0 Å². The van der Waals surface area contributed by atoms with Gasteiger partial charge >= 0.3 is 0 Å². The van der Waals surface area contributed by atoms with Gasteiger partial charge in [0.15, 0.2) is 6.10 Å². The number of nitrogens with one attached hydrogen (secondary N) is 2. The van der Waals surface area contributed by atoms with E-state index in [4.69, 9.17) is 4.74 Å². The average Bonchev–Trinajstić information content (AvgIpc) is 3.49. The largest absolute Gasteiger partial charge is 0.497 e. The summed E-state index contributed by atoms with van der Waals surface area (Å²) in [6.45, 7) is 12.5. The number of aliphatic hydroxyl groups is 1. The van der Waals surface area contributed by atoms with Gasteiger partial charge in [0.05, 0.1) is 13.2 Å². The average molecular weight is 577 g/mol. The van der Waals surface area contributed by atoms with E-state index in [0.717, 1.165) is 11.3 Å². The van der Waals surface area contributed by atoms with Crippen LogP contribution in [0.3, 0.4) is 0 Å². The number of carbonyl (C=O) groups is 3. The van der Waals surface area contributed by atoms with E-state index in [2.05, 4.69) is 23.8 Å². The Morgan fingerprint density at radius 3 is 2.38 bits per heavy atom. The lowest BCUT2D eigenvalue weighted by Gasteiger charge is -2.38. The number of benzene rings is 2. The Morgan fingerprint density at radius 2 is 1.79 bits per heavy atom. The number of amides is 3. The minimum atomic E-state index is -1.48. The van der Waals surface area contributed by atoms with Crippen molar-refractivity contribution in [2.45, 2.75) is 57.3 Å². The molecular weight excluding hydrogens is 532 g/mol. The first kappa shape index (κ1) is 32.4. The Morgan fingerprint density at radius 1 is 1.10 bits per heavy atom. The van der Waals surface area contributed by atoms with Crippen LogP contribution in [0.2, 0.25) is 0 Å². The molecule has 0 radical (unpaired) electrons. The fourth-order valence-electron chi connectivity index (χ4n) is 5.35. The Balaban J connectivity index is 1.89. The van der Waals surface area contributed by atoms with Gasteiger partial charge in [-0.3, -0.25) is 14.4 Å². The fourth-order valence-corrected chi connectivity index (χ4v) is 5.35. The highest BCUT2D eigenvalue weighted by Gasteiger charge is 2.42. The van der Waals surface area contributed by atoms with Gasteiger partial charge in [-0.15, -0.1) is 13.2 Å². The minimum absolute atomic E-state index is 0.161. The lowest BCUT2D eigenvalue weighted by molar-refractivity contribution is -0.146. The van der Waals surface area contributed by atoms with Crippen molar-refractivity contribution in [3.8, 4) is 5.75 Å². The number of methoxy groups -OCH3 is 1. The van der Waals surface area contributed by atoms with Crippen molar-refractivity contribution >= 4 is 23.4 Å². The Kier molecular flexibility index (Phi) is 12.2. The zero-order valence-corrected chi connectivity index (χ0v) is 24.9. The topological polar surface area (TPSA) is 111 Å². The van der Waals surface area contributed by atoms with Crippen molar-refractivity contribution in [2.75, 3.05) is 31.6 Å². The molecule has 0 spiro atoms. The first-order valence-electron chi connectivity index (χ1n) is 14.5. The monoisotopic (exact) mass is 576 g/mol. The second-order valence-corrected chi connectivity index (χ2v) is 10.9. The van der Waals surface area contributed by atoms with E-state index < -0.39 is 36.0 Å². The summed E-state index contributed by atoms with van der Waals surface area (Å²) in [5.74, 6) is -0.391. The molecule has 3 amide bonds. The summed E-state index contributed by atoms with van der Waals surface area (Å²) >= 11 is 0. The van der Waals surface area contributed by atoms with Crippen molar-refractivity contribution in [1.82, 2.24) is 15.5 Å². The molecule has 3 N–H and O–H groups in total. The van der Waals surface area contributed by atoms with Crippen LogP contribution in [0.4, 0.5) is 5.69 Å². The van der Waals surface area contributed by atoms with Gasteiger partial charge in [-0.05, 0) is 55.0 Å². The van der Waals surface area contributed by atoms with Crippen LogP contribution >= 0.6 is 0 Å². The molecule has 3 rings (SSSR count). The SMILES string of the molecule is C=CCNC(=O)[C@H](CC(C)C)NC(=O)[C@@H]1CCCN1C(=O)[C@@H](O)[C@H](c1ccccc1)N(CC=C)c1ccc(OC)cc1. The van der Waals surface area contributed by atoms with E-state index in [9.17, 15) is 19.5 Å². The molecule has 0 bridgehead atoms. The summed E-state index contributed by atoms with van der Waals surface area (Å²) < 4.78 is 5.31. The van der Waals surface area contributed by atoms with E-state index in [-0.39, 0.29) is 11.8 Å². The van der Waals surface area contributed by atoms with Gasteiger partial charge in [0.2, 0.25) is 11.8 Å². The summed E-state index contributed by atoms with van der Waals surface area (Å²) in [6, 6.07) is 14.4. The first-order chi connectivity index (χ1) is 20.2. The molecule has 42 heavy (non-hydrogen) atoms. The molecule has 0 saturated carbocycles. The third-order valence-corrected chi connectivity index (χ3v) is 7.36. The highest BCUT2D eigenvalue weighted by molar-refractivity contribution is 5.93. The van der Waals surface area contributed by atoms with E-state index >= 15 is 0 Å². The molecule has 1 aliphatic rings. The van der Waals surface area contributed by atoms with Crippen molar-refractivity contribution in [3.05, 3.63) is 85.5 Å². The Bertz CT molecular complexity index is 1200. The number of anilines is 1. The van der Waals surface area contributed by atoms with E-state index in [1.165, 1.54) is 4.90 Å². The standard InChI is InChI=1S/C33H44N4O5/c1-6-19-34-31(39)27(22-23(3)4)35-32(40)28-14-11-21-37(28)33(41)30(38)29(24-12-9-8-10-13-24)36(20-7-2)25-15-17-26(42-5)18-16-25/h6-10,12-13,15-18,23,27-30,38H,1-2,11,14,19-22H2,3-5H3,(H,34,39)(H,35,40)/t27-,28-,29-,30-/m0/s1. The maximum Gasteiger partial charge on any atom is 0.254 e. The maximum atomic E-state index is 14.0. The van der Waals surface area contributed by atoms with E-state index in [1.54, 1.807) is 19.3 Å². The van der Waals surface area contributed by atoms with Crippen LogP contribution in [0.1, 0.15) is 44.7 Å². The minimum Gasteiger partial charge on any atom is -0.497 e.